The second-order valence-corrected chi connectivity index (χ2v) is 7.64. The Morgan fingerprint density at radius 2 is 1.69 bits per heavy atom. The number of anilines is 1. The highest BCUT2D eigenvalue weighted by Gasteiger charge is 2.18. The summed E-state index contributed by atoms with van der Waals surface area (Å²) in [5.41, 5.74) is 5.24. The minimum absolute atomic E-state index is 0.769. The molecular formula is C22H26ClN3. The molecule has 4 rings (SSSR count). The number of likely N-dealkylation sites (tertiary alicyclic amines) is 1. The third kappa shape index (κ3) is 3.60. The first-order valence-electron chi connectivity index (χ1n) is 9.49. The standard InChI is InChI=1S/C22H26ClN3/c1-25-21-8-4-3-7-19(21)20(16-26-13-5-2-6-14-26)22(25)15-24-18-11-9-17(23)10-12-18/h3-4,7-12,24H,2,5-6,13-16H2,1H3. The summed E-state index contributed by atoms with van der Waals surface area (Å²) in [5, 5.41) is 5.72. The van der Waals surface area contributed by atoms with Crippen LogP contribution in [0, 0.1) is 0 Å². The molecule has 1 saturated heterocycles. The van der Waals surface area contributed by atoms with Gasteiger partial charge in [-0.3, -0.25) is 4.90 Å². The topological polar surface area (TPSA) is 20.2 Å². The van der Waals surface area contributed by atoms with Crippen LogP contribution in [0.5, 0.6) is 0 Å². The quantitative estimate of drug-likeness (QED) is 0.648. The molecule has 0 radical (unpaired) electrons. The number of nitrogens with zero attached hydrogens (tertiary/aromatic N) is 2. The normalized spacial score (nSPS) is 15.5. The van der Waals surface area contributed by atoms with Crippen LogP contribution in [0.25, 0.3) is 10.9 Å². The highest BCUT2D eigenvalue weighted by atomic mass is 35.5. The van der Waals surface area contributed by atoms with Gasteiger partial charge in [0.1, 0.15) is 0 Å². The maximum atomic E-state index is 6.00. The summed E-state index contributed by atoms with van der Waals surface area (Å²) in [5.74, 6) is 0. The number of hydrogen-bond acceptors (Lipinski definition) is 2. The van der Waals surface area contributed by atoms with E-state index in [0.717, 1.165) is 23.8 Å². The Bertz CT molecular complexity index is 876. The van der Waals surface area contributed by atoms with E-state index in [4.69, 9.17) is 11.6 Å². The van der Waals surface area contributed by atoms with Gasteiger partial charge in [0.2, 0.25) is 0 Å². The van der Waals surface area contributed by atoms with Crippen molar-refractivity contribution in [1.82, 2.24) is 9.47 Å². The van der Waals surface area contributed by atoms with Crippen LogP contribution in [0.2, 0.25) is 5.02 Å². The zero-order valence-corrected chi connectivity index (χ0v) is 16.1. The van der Waals surface area contributed by atoms with Crippen LogP contribution < -0.4 is 5.32 Å². The molecule has 26 heavy (non-hydrogen) atoms. The first-order chi connectivity index (χ1) is 12.7. The first kappa shape index (κ1) is 17.4. The minimum atomic E-state index is 0.769. The molecule has 2 aromatic carbocycles. The predicted molar refractivity (Wildman–Crippen MR) is 111 cm³/mol. The molecule has 0 unspecified atom stereocenters. The lowest BCUT2D eigenvalue weighted by Crippen LogP contribution is -2.29. The van der Waals surface area contributed by atoms with Crippen LogP contribution in [0.4, 0.5) is 5.69 Å². The largest absolute Gasteiger partial charge is 0.379 e. The van der Waals surface area contributed by atoms with Crippen molar-refractivity contribution in [3.8, 4) is 0 Å². The number of para-hydroxylation sites is 1. The van der Waals surface area contributed by atoms with Crippen LogP contribution in [0.15, 0.2) is 48.5 Å². The molecule has 0 spiro atoms. The fourth-order valence-corrected chi connectivity index (χ4v) is 4.15. The third-order valence-corrected chi connectivity index (χ3v) is 5.73. The van der Waals surface area contributed by atoms with E-state index in [1.165, 1.54) is 54.5 Å². The molecule has 3 nitrogen and oxygen atoms in total. The van der Waals surface area contributed by atoms with Gasteiger partial charge in [-0.05, 0) is 61.8 Å². The van der Waals surface area contributed by atoms with Gasteiger partial charge in [-0.25, -0.2) is 0 Å². The molecule has 0 atom stereocenters. The Morgan fingerprint density at radius 3 is 2.46 bits per heavy atom. The van der Waals surface area contributed by atoms with Gasteiger partial charge in [-0.2, -0.15) is 0 Å². The van der Waals surface area contributed by atoms with E-state index < -0.39 is 0 Å². The van der Waals surface area contributed by atoms with E-state index in [0.29, 0.717) is 0 Å². The van der Waals surface area contributed by atoms with Crippen molar-refractivity contribution in [2.24, 2.45) is 7.05 Å². The molecule has 2 heterocycles. The average molecular weight is 368 g/mol. The Balaban J connectivity index is 1.64. The molecule has 1 N–H and O–H groups in total. The van der Waals surface area contributed by atoms with E-state index in [-0.39, 0.29) is 0 Å². The lowest BCUT2D eigenvalue weighted by Gasteiger charge is -2.27. The summed E-state index contributed by atoms with van der Waals surface area (Å²) < 4.78 is 2.34. The zero-order chi connectivity index (χ0) is 17.9. The van der Waals surface area contributed by atoms with Crippen LogP contribution in [-0.4, -0.2) is 22.6 Å². The molecule has 1 aliphatic heterocycles. The molecule has 1 fully saturated rings. The average Bonchev–Trinajstić information content (AvgIpc) is 2.94. The Hall–Kier alpha value is -1.97. The van der Waals surface area contributed by atoms with Crippen LogP contribution in [-0.2, 0) is 20.1 Å². The number of aromatic nitrogens is 1. The van der Waals surface area contributed by atoms with E-state index in [1.54, 1.807) is 0 Å². The van der Waals surface area contributed by atoms with Crippen molar-refractivity contribution >= 4 is 28.2 Å². The summed E-state index contributed by atoms with van der Waals surface area (Å²) in [6.45, 7) is 4.29. The summed E-state index contributed by atoms with van der Waals surface area (Å²) in [6, 6.07) is 16.7. The number of halogens is 1. The molecule has 0 saturated carbocycles. The van der Waals surface area contributed by atoms with Gasteiger partial charge in [0.15, 0.2) is 0 Å². The first-order valence-corrected chi connectivity index (χ1v) is 9.87. The Labute approximate surface area is 160 Å². The monoisotopic (exact) mass is 367 g/mol. The van der Waals surface area contributed by atoms with Crippen molar-refractivity contribution in [1.29, 1.82) is 0 Å². The number of hydrogen-bond donors (Lipinski definition) is 1. The van der Waals surface area contributed by atoms with Crippen molar-refractivity contribution < 1.29 is 0 Å². The number of piperidine rings is 1. The van der Waals surface area contributed by atoms with E-state index >= 15 is 0 Å². The minimum Gasteiger partial charge on any atom is -0.379 e. The van der Waals surface area contributed by atoms with Gasteiger partial charge in [-0.15, -0.1) is 0 Å². The maximum Gasteiger partial charge on any atom is 0.0556 e. The number of rotatable bonds is 5. The molecule has 0 amide bonds. The second-order valence-electron chi connectivity index (χ2n) is 7.20. The number of nitrogens with one attached hydrogen (secondary N) is 1. The lowest BCUT2D eigenvalue weighted by molar-refractivity contribution is 0.221. The highest BCUT2D eigenvalue weighted by Crippen LogP contribution is 2.28. The van der Waals surface area contributed by atoms with Gasteiger partial charge >= 0.3 is 0 Å². The molecule has 3 aromatic rings. The fraction of sp³-hybridized carbons (Fsp3) is 0.364. The maximum absolute atomic E-state index is 6.00. The Morgan fingerprint density at radius 1 is 0.962 bits per heavy atom. The van der Waals surface area contributed by atoms with E-state index in [2.05, 4.69) is 46.1 Å². The summed E-state index contributed by atoms with van der Waals surface area (Å²) in [4.78, 5) is 2.61. The van der Waals surface area contributed by atoms with Crippen LogP contribution in [0.1, 0.15) is 30.5 Å². The van der Waals surface area contributed by atoms with Crippen LogP contribution >= 0.6 is 11.6 Å². The highest BCUT2D eigenvalue weighted by molar-refractivity contribution is 6.30. The molecular weight excluding hydrogens is 342 g/mol. The van der Waals surface area contributed by atoms with Crippen molar-refractivity contribution in [2.75, 3.05) is 18.4 Å². The summed E-state index contributed by atoms with van der Waals surface area (Å²) in [7, 11) is 2.18. The van der Waals surface area contributed by atoms with Gasteiger partial charge in [0.25, 0.3) is 0 Å². The molecule has 136 valence electrons. The van der Waals surface area contributed by atoms with Gasteiger partial charge in [-0.1, -0.05) is 36.2 Å². The van der Waals surface area contributed by atoms with Crippen molar-refractivity contribution in [2.45, 2.75) is 32.4 Å². The third-order valence-electron chi connectivity index (χ3n) is 5.48. The molecule has 0 bridgehead atoms. The van der Waals surface area contributed by atoms with Gasteiger partial charge in [0.05, 0.1) is 6.54 Å². The number of fused-ring (bicyclic) bond motifs is 1. The van der Waals surface area contributed by atoms with Crippen LogP contribution in [0.3, 0.4) is 0 Å². The van der Waals surface area contributed by atoms with Crippen molar-refractivity contribution in [3.63, 3.8) is 0 Å². The van der Waals surface area contributed by atoms with Gasteiger partial charge in [0, 0.05) is 40.9 Å². The summed E-state index contributed by atoms with van der Waals surface area (Å²) >= 11 is 6.00. The SMILES string of the molecule is Cn1c(CNc2ccc(Cl)cc2)c(CN2CCCCC2)c2ccccc21. The number of benzene rings is 2. The zero-order valence-electron chi connectivity index (χ0n) is 15.3. The van der Waals surface area contributed by atoms with Crippen molar-refractivity contribution in [3.05, 3.63) is 64.8 Å². The lowest BCUT2D eigenvalue weighted by atomic mass is 10.1. The molecule has 1 aromatic heterocycles. The Kier molecular flexibility index (Phi) is 5.18. The molecule has 4 heteroatoms. The predicted octanol–water partition coefficient (Wildman–Crippen LogP) is 5.43. The summed E-state index contributed by atoms with van der Waals surface area (Å²) in [6.07, 6.45) is 4.02. The van der Waals surface area contributed by atoms with E-state index in [9.17, 15) is 0 Å². The van der Waals surface area contributed by atoms with Gasteiger partial charge < -0.3 is 9.88 Å². The molecule has 1 aliphatic rings. The number of aryl methyl sites for hydroxylation is 1. The smallest absolute Gasteiger partial charge is 0.0556 e. The molecule has 0 aliphatic carbocycles. The van der Waals surface area contributed by atoms with E-state index in [1.807, 2.05) is 24.3 Å². The second kappa shape index (κ2) is 7.73. The fourth-order valence-electron chi connectivity index (χ4n) is 4.02.